The van der Waals surface area contributed by atoms with E-state index < -0.39 is 11.6 Å². The highest BCUT2D eigenvalue weighted by molar-refractivity contribution is 5.29. The number of rotatable bonds is 4. The molecule has 0 aliphatic carbocycles. The van der Waals surface area contributed by atoms with Gasteiger partial charge in [0.1, 0.15) is 11.9 Å². The van der Waals surface area contributed by atoms with Crippen molar-refractivity contribution < 1.29 is 14.2 Å². The topological polar surface area (TPSA) is 29.5 Å². The van der Waals surface area contributed by atoms with Gasteiger partial charge in [0.05, 0.1) is 13.7 Å². The summed E-state index contributed by atoms with van der Waals surface area (Å²) in [6.45, 7) is 3.21. The number of aliphatic hydroxyl groups excluding tert-OH is 1. The Labute approximate surface area is 89.7 Å². The largest absolute Gasteiger partial charge is 0.497 e. The van der Waals surface area contributed by atoms with E-state index >= 15 is 0 Å². The average Bonchev–Trinajstić information content (AvgIpc) is 2.28. The summed E-state index contributed by atoms with van der Waals surface area (Å²) in [5, 5.41) is 9.06. The Hall–Kier alpha value is -1.09. The molecule has 1 unspecified atom stereocenters. The first-order valence-corrected chi connectivity index (χ1v) is 4.90. The Morgan fingerprint density at radius 3 is 2.27 bits per heavy atom. The van der Waals surface area contributed by atoms with E-state index in [-0.39, 0.29) is 6.61 Å². The minimum absolute atomic E-state index is 0.180. The Morgan fingerprint density at radius 2 is 1.87 bits per heavy atom. The zero-order valence-corrected chi connectivity index (χ0v) is 9.33. The van der Waals surface area contributed by atoms with Crippen LogP contribution in [0.3, 0.4) is 0 Å². The molecule has 1 N–H and O–H groups in total. The lowest BCUT2D eigenvalue weighted by atomic mass is 9.85. The summed E-state index contributed by atoms with van der Waals surface area (Å²) in [6, 6.07) is 6.80. The van der Waals surface area contributed by atoms with Gasteiger partial charge in [-0.1, -0.05) is 26.0 Å². The maximum absolute atomic E-state index is 13.9. The van der Waals surface area contributed by atoms with Gasteiger partial charge >= 0.3 is 0 Å². The van der Waals surface area contributed by atoms with Gasteiger partial charge in [0.15, 0.2) is 0 Å². The number of ether oxygens (including phenoxy) is 1. The zero-order chi connectivity index (χ0) is 11.5. The third-order valence-corrected chi connectivity index (χ3v) is 2.50. The minimum atomic E-state index is -1.17. The molecular weight excluding hydrogens is 195 g/mol. The number of methoxy groups -OCH3 is 1. The smallest absolute Gasteiger partial charge is 0.132 e. The second kappa shape index (κ2) is 4.62. The lowest BCUT2D eigenvalue weighted by molar-refractivity contribution is 0.0664. The van der Waals surface area contributed by atoms with Crippen LogP contribution in [0.5, 0.6) is 5.75 Å². The molecule has 0 aliphatic rings. The van der Waals surface area contributed by atoms with E-state index in [9.17, 15) is 4.39 Å². The minimum Gasteiger partial charge on any atom is -0.497 e. The molecule has 0 aliphatic heterocycles. The number of hydrogen-bond donors (Lipinski definition) is 1. The summed E-state index contributed by atoms with van der Waals surface area (Å²) in [5.74, 6) is 0.702. The predicted octanol–water partition coefficient (Wildman–Crippen LogP) is 2.72. The molecule has 84 valence electrons. The van der Waals surface area contributed by atoms with E-state index in [2.05, 4.69) is 0 Å². The average molecular weight is 212 g/mol. The molecule has 1 aromatic rings. The summed E-state index contributed by atoms with van der Waals surface area (Å²) in [5.41, 5.74) is -0.191. The monoisotopic (exact) mass is 212 g/mol. The van der Waals surface area contributed by atoms with Gasteiger partial charge in [-0.2, -0.15) is 0 Å². The summed E-state index contributed by atoms with van der Waals surface area (Å²) in [4.78, 5) is 0. The number of benzene rings is 1. The van der Waals surface area contributed by atoms with Crippen molar-refractivity contribution in [3.8, 4) is 5.75 Å². The fraction of sp³-hybridized carbons (Fsp3) is 0.500. The van der Waals surface area contributed by atoms with E-state index in [1.54, 1.807) is 45.2 Å². The Morgan fingerprint density at radius 1 is 1.33 bits per heavy atom. The van der Waals surface area contributed by atoms with Crippen molar-refractivity contribution in [3.05, 3.63) is 29.8 Å². The molecule has 1 aromatic carbocycles. The number of alkyl halides is 1. The first-order valence-electron chi connectivity index (χ1n) is 4.90. The molecule has 3 heteroatoms. The van der Waals surface area contributed by atoms with Crippen LogP contribution in [0.1, 0.15) is 25.6 Å². The van der Waals surface area contributed by atoms with Crippen molar-refractivity contribution in [3.63, 3.8) is 0 Å². The van der Waals surface area contributed by atoms with Gasteiger partial charge < -0.3 is 9.84 Å². The molecule has 1 rings (SSSR count). The molecule has 0 heterocycles. The number of aliphatic hydroxyl groups is 1. The quantitative estimate of drug-likeness (QED) is 0.831. The standard InChI is InChI=1S/C12H17FO2/c1-12(2,8-14)11(13)9-4-6-10(15-3)7-5-9/h4-7,11,14H,8H2,1-3H3. The van der Waals surface area contributed by atoms with Crippen molar-refractivity contribution in [2.24, 2.45) is 5.41 Å². The molecule has 0 spiro atoms. The summed E-state index contributed by atoms with van der Waals surface area (Å²) < 4.78 is 18.9. The van der Waals surface area contributed by atoms with Gasteiger partial charge in [0.25, 0.3) is 0 Å². The maximum Gasteiger partial charge on any atom is 0.132 e. The number of hydrogen-bond acceptors (Lipinski definition) is 2. The molecule has 0 radical (unpaired) electrons. The molecule has 0 fully saturated rings. The molecule has 0 bridgehead atoms. The van der Waals surface area contributed by atoms with Gasteiger partial charge in [-0.05, 0) is 17.7 Å². The second-order valence-corrected chi connectivity index (χ2v) is 4.28. The molecule has 0 saturated heterocycles. The van der Waals surface area contributed by atoms with Crippen LogP contribution in [0.15, 0.2) is 24.3 Å². The molecule has 0 saturated carbocycles. The van der Waals surface area contributed by atoms with Crippen molar-refractivity contribution in [2.45, 2.75) is 20.0 Å². The Balaban J connectivity index is 2.87. The number of halogens is 1. The summed E-state index contributed by atoms with van der Waals surface area (Å²) in [6.07, 6.45) is -1.17. The van der Waals surface area contributed by atoms with Gasteiger partial charge in [-0.3, -0.25) is 0 Å². The van der Waals surface area contributed by atoms with Crippen LogP contribution in [0, 0.1) is 5.41 Å². The van der Waals surface area contributed by atoms with E-state index in [1.807, 2.05) is 0 Å². The molecular formula is C12H17FO2. The predicted molar refractivity (Wildman–Crippen MR) is 57.7 cm³/mol. The van der Waals surface area contributed by atoms with Crippen molar-refractivity contribution in [1.82, 2.24) is 0 Å². The van der Waals surface area contributed by atoms with Crippen molar-refractivity contribution in [1.29, 1.82) is 0 Å². The fourth-order valence-corrected chi connectivity index (χ4v) is 1.30. The first kappa shape index (κ1) is 12.0. The third-order valence-electron chi connectivity index (χ3n) is 2.50. The highest BCUT2D eigenvalue weighted by Crippen LogP contribution is 2.36. The van der Waals surface area contributed by atoms with Gasteiger partial charge in [-0.15, -0.1) is 0 Å². The van der Waals surface area contributed by atoms with E-state index in [0.717, 1.165) is 0 Å². The normalized spacial score (nSPS) is 13.7. The molecule has 1 atom stereocenters. The summed E-state index contributed by atoms with van der Waals surface area (Å²) >= 11 is 0. The Bertz CT molecular complexity index is 306. The van der Waals surface area contributed by atoms with Crippen LogP contribution in [-0.4, -0.2) is 18.8 Å². The SMILES string of the molecule is COc1ccc(C(F)C(C)(C)CO)cc1. The van der Waals surface area contributed by atoms with Gasteiger partial charge in [0.2, 0.25) is 0 Å². The van der Waals surface area contributed by atoms with E-state index in [4.69, 9.17) is 9.84 Å². The van der Waals surface area contributed by atoms with Gasteiger partial charge in [-0.25, -0.2) is 4.39 Å². The molecule has 15 heavy (non-hydrogen) atoms. The van der Waals surface area contributed by atoms with Crippen LogP contribution < -0.4 is 4.74 Å². The van der Waals surface area contributed by atoms with Gasteiger partial charge in [0, 0.05) is 5.41 Å². The lowest BCUT2D eigenvalue weighted by Gasteiger charge is -2.26. The summed E-state index contributed by atoms with van der Waals surface area (Å²) in [7, 11) is 1.57. The van der Waals surface area contributed by atoms with Crippen LogP contribution in [0.25, 0.3) is 0 Å². The van der Waals surface area contributed by atoms with E-state index in [1.165, 1.54) is 0 Å². The van der Waals surface area contributed by atoms with Crippen molar-refractivity contribution >= 4 is 0 Å². The fourth-order valence-electron chi connectivity index (χ4n) is 1.30. The van der Waals surface area contributed by atoms with E-state index in [0.29, 0.717) is 11.3 Å². The first-order chi connectivity index (χ1) is 7.01. The molecule has 2 nitrogen and oxygen atoms in total. The molecule has 0 amide bonds. The van der Waals surface area contributed by atoms with Crippen LogP contribution in [-0.2, 0) is 0 Å². The van der Waals surface area contributed by atoms with Crippen molar-refractivity contribution in [2.75, 3.05) is 13.7 Å². The van der Waals surface area contributed by atoms with Crippen LogP contribution >= 0.6 is 0 Å². The Kier molecular flexibility index (Phi) is 3.69. The highest BCUT2D eigenvalue weighted by Gasteiger charge is 2.30. The lowest BCUT2D eigenvalue weighted by Crippen LogP contribution is -2.23. The highest BCUT2D eigenvalue weighted by atomic mass is 19.1. The molecule has 0 aromatic heterocycles. The zero-order valence-electron chi connectivity index (χ0n) is 9.33. The second-order valence-electron chi connectivity index (χ2n) is 4.28. The third kappa shape index (κ3) is 2.69. The maximum atomic E-state index is 13.9. The van der Waals surface area contributed by atoms with Crippen LogP contribution in [0.2, 0.25) is 0 Å². The van der Waals surface area contributed by atoms with Crippen LogP contribution in [0.4, 0.5) is 4.39 Å².